The van der Waals surface area contributed by atoms with Gasteiger partial charge >= 0.3 is 0 Å². The Morgan fingerprint density at radius 2 is 1.59 bits per heavy atom. The maximum atomic E-state index is 5.53. The quantitative estimate of drug-likeness (QED) is 0.504. The Morgan fingerprint density at radius 1 is 0.941 bits per heavy atom. The van der Waals surface area contributed by atoms with E-state index in [-0.39, 0.29) is 0 Å². The summed E-state index contributed by atoms with van der Waals surface area (Å²) in [7, 11) is 1.68. The van der Waals surface area contributed by atoms with Crippen molar-refractivity contribution in [2.75, 3.05) is 46.7 Å². The van der Waals surface area contributed by atoms with Gasteiger partial charge in [-0.2, -0.15) is 0 Å². The molecule has 0 radical (unpaired) electrons. The first-order valence-electron chi connectivity index (χ1n) is 6.69. The lowest BCUT2D eigenvalue weighted by Crippen LogP contribution is -2.25. The lowest BCUT2D eigenvalue weighted by molar-refractivity contribution is 0.0506. The summed E-state index contributed by atoms with van der Waals surface area (Å²) in [6.07, 6.45) is 3.27. The second kappa shape index (κ2) is 13.9. The van der Waals surface area contributed by atoms with E-state index in [2.05, 4.69) is 19.2 Å². The van der Waals surface area contributed by atoms with Gasteiger partial charge in [-0.3, -0.25) is 0 Å². The molecule has 1 N–H and O–H groups in total. The Kier molecular flexibility index (Phi) is 13.8. The molecule has 1 atom stereocenters. The number of rotatable bonds is 13. The summed E-state index contributed by atoms with van der Waals surface area (Å²) in [6, 6.07) is 0.598. The Morgan fingerprint density at radius 3 is 2.24 bits per heavy atom. The van der Waals surface area contributed by atoms with Gasteiger partial charge in [0.15, 0.2) is 0 Å². The van der Waals surface area contributed by atoms with Gasteiger partial charge in [0.1, 0.15) is 0 Å². The Hall–Kier alpha value is -0.160. The molecule has 0 spiro atoms. The van der Waals surface area contributed by atoms with Crippen LogP contribution in [0, 0.1) is 0 Å². The number of methoxy groups -OCH3 is 1. The minimum atomic E-state index is 0.598. The van der Waals surface area contributed by atoms with Crippen molar-refractivity contribution in [1.29, 1.82) is 0 Å². The van der Waals surface area contributed by atoms with E-state index < -0.39 is 0 Å². The van der Waals surface area contributed by atoms with Gasteiger partial charge < -0.3 is 19.5 Å². The number of ether oxygens (including phenoxy) is 3. The summed E-state index contributed by atoms with van der Waals surface area (Å²) in [5.74, 6) is 0. The first kappa shape index (κ1) is 16.8. The topological polar surface area (TPSA) is 39.7 Å². The van der Waals surface area contributed by atoms with Crippen LogP contribution in [0.2, 0.25) is 0 Å². The predicted octanol–water partition coefficient (Wildman–Crippen LogP) is 1.83. The van der Waals surface area contributed by atoms with Gasteiger partial charge in [0.2, 0.25) is 0 Å². The van der Waals surface area contributed by atoms with Crippen LogP contribution >= 0.6 is 0 Å². The van der Waals surface area contributed by atoms with Crippen LogP contribution in [0.4, 0.5) is 0 Å². The molecule has 0 amide bonds. The highest BCUT2D eigenvalue weighted by Crippen LogP contribution is 1.97. The standard InChI is InChI=1S/C13H29NO3/c1-4-14-13(2)7-5-8-16-9-6-10-17-12-11-15-3/h13-14H,4-12H2,1-3H3. The van der Waals surface area contributed by atoms with E-state index in [1.165, 1.54) is 6.42 Å². The molecule has 0 bridgehead atoms. The summed E-state index contributed by atoms with van der Waals surface area (Å²) in [5.41, 5.74) is 0. The van der Waals surface area contributed by atoms with Crippen LogP contribution in [-0.4, -0.2) is 52.7 Å². The molecule has 0 rings (SSSR count). The van der Waals surface area contributed by atoms with Gasteiger partial charge in [-0.15, -0.1) is 0 Å². The van der Waals surface area contributed by atoms with Crippen molar-refractivity contribution in [3.63, 3.8) is 0 Å². The fourth-order valence-electron chi connectivity index (χ4n) is 1.55. The first-order valence-corrected chi connectivity index (χ1v) is 6.69. The highest BCUT2D eigenvalue weighted by Gasteiger charge is 1.98. The largest absolute Gasteiger partial charge is 0.382 e. The molecule has 4 nitrogen and oxygen atoms in total. The van der Waals surface area contributed by atoms with Crippen molar-refractivity contribution in [3.05, 3.63) is 0 Å². The molecule has 104 valence electrons. The van der Waals surface area contributed by atoms with Crippen LogP contribution in [0.5, 0.6) is 0 Å². The van der Waals surface area contributed by atoms with Crippen molar-refractivity contribution >= 4 is 0 Å². The Bertz CT molecular complexity index is 145. The van der Waals surface area contributed by atoms with Crippen molar-refractivity contribution in [2.24, 2.45) is 0 Å². The van der Waals surface area contributed by atoms with E-state index >= 15 is 0 Å². The van der Waals surface area contributed by atoms with Crippen LogP contribution in [-0.2, 0) is 14.2 Å². The smallest absolute Gasteiger partial charge is 0.0700 e. The summed E-state index contributed by atoms with van der Waals surface area (Å²) >= 11 is 0. The maximum absolute atomic E-state index is 5.53. The molecule has 0 aromatic carbocycles. The second-order valence-electron chi connectivity index (χ2n) is 4.17. The zero-order valence-corrected chi connectivity index (χ0v) is 11.7. The zero-order chi connectivity index (χ0) is 12.8. The first-order chi connectivity index (χ1) is 8.31. The number of hydrogen-bond donors (Lipinski definition) is 1. The molecule has 0 aliphatic carbocycles. The monoisotopic (exact) mass is 247 g/mol. The van der Waals surface area contributed by atoms with Crippen molar-refractivity contribution in [2.45, 2.75) is 39.2 Å². The predicted molar refractivity (Wildman–Crippen MR) is 70.5 cm³/mol. The average molecular weight is 247 g/mol. The highest BCUT2D eigenvalue weighted by molar-refractivity contribution is 4.58. The molecule has 0 heterocycles. The Labute approximate surface area is 106 Å². The van der Waals surface area contributed by atoms with Gasteiger partial charge in [-0.25, -0.2) is 0 Å². The van der Waals surface area contributed by atoms with E-state index in [0.717, 1.165) is 39.2 Å². The molecule has 0 aromatic heterocycles. The van der Waals surface area contributed by atoms with Crippen molar-refractivity contribution in [3.8, 4) is 0 Å². The minimum Gasteiger partial charge on any atom is -0.382 e. The van der Waals surface area contributed by atoms with Gasteiger partial charge in [0, 0.05) is 33.0 Å². The van der Waals surface area contributed by atoms with Crippen molar-refractivity contribution < 1.29 is 14.2 Å². The molecular formula is C13H29NO3. The SMILES string of the molecule is CCNC(C)CCCOCCCOCCOC. The highest BCUT2D eigenvalue weighted by atomic mass is 16.5. The summed E-state index contributed by atoms with van der Waals surface area (Å²) in [4.78, 5) is 0. The molecule has 0 aromatic rings. The molecule has 17 heavy (non-hydrogen) atoms. The number of hydrogen-bond acceptors (Lipinski definition) is 4. The van der Waals surface area contributed by atoms with Crippen molar-refractivity contribution in [1.82, 2.24) is 5.32 Å². The van der Waals surface area contributed by atoms with Gasteiger partial charge in [0.05, 0.1) is 13.2 Å². The van der Waals surface area contributed by atoms with Crippen LogP contribution in [0.3, 0.4) is 0 Å². The summed E-state index contributed by atoms with van der Waals surface area (Å²) in [5, 5.41) is 3.39. The van der Waals surface area contributed by atoms with E-state index in [9.17, 15) is 0 Å². The third kappa shape index (κ3) is 13.8. The summed E-state index contributed by atoms with van der Waals surface area (Å²) in [6.45, 7) is 9.15. The van der Waals surface area contributed by atoms with Gasteiger partial charge in [-0.05, 0) is 32.7 Å². The van der Waals surface area contributed by atoms with Crippen LogP contribution in [0.25, 0.3) is 0 Å². The molecule has 0 aliphatic heterocycles. The van der Waals surface area contributed by atoms with Gasteiger partial charge in [-0.1, -0.05) is 6.92 Å². The Balaban J connectivity index is 2.98. The zero-order valence-electron chi connectivity index (χ0n) is 11.7. The lowest BCUT2D eigenvalue weighted by Gasteiger charge is -2.11. The normalized spacial score (nSPS) is 12.9. The fourth-order valence-corrected chi connectivity index (χ4v) is 1.55. The number of nitrogens with one attached hydrogen (secondary N) is 1. The minimum absolute atomic E-state index is 0.598. The molecule has 0 saturated carbocycles. The molecule has 1 unspecified atom stereocenters. The van der Waals surface area contributed by atoms with Crippen LogP contribution < -0.4 is 5.32 Å². The van der Waals surface area contributed by atoms with E-state index in [4.69, 9.17) is 14.2 Å². The molecule has 0 fully saturated rings. The van der Waals surface area contributed by atoms with E-state index in [1.54, 1.807) is 7.11 Å². The maximum Gasteiger partial charge on any atom is 0.0700 e. The molecule has 4 heteroatoms. The molecule has 0 aliphatic rings. The van der Waals surface area contributed by atoms with Crippen LogP contribution in [0.15, 0.2) is 0 Å². The fraction of sp³-hybridized carbons (Fsp3) is 1.00. The lowest BCUT2D eigenvalue weighted by atomic mass is 10.2. The molecule has 0 saturated heterocycles. The van der Waals surface area contributed by atoms with E-state index in [1.807, 2.05) is 0 Å². The van der Waals surface area contributed by atoms with Gasteiger partial charge in [0.25, 0.3) is 0 Å². The third-order valence-corrected chi connectivity index (χ3v) is 2.49. The third-order valence-electron chi connectivity index (χ3n) is 2.49. The van der Waals surface area contributed by atoms with E-state index in [0.29, 0.717) is 19.3 Å². The molecular weight excluding hydrogens is 218 g/mol. The van der Waals surface area contributed by atoms with Crippen LogP contribution in [0.1, 0.15) is 33.1 Å². The average Bonchev–Trinajstić information content (AvgIpc) is 2.32. The summed E-state index contributed by atoms with van der Waals surface area (Å²) < 4.78 is 15.7. The second-order valence-corrected chi connectivity index (χ2v) is 4.17.